The number of hydrogen-bond acceptors (Lipinski definition) is 1. The number of hydrogen-bond donors (Lipinski definition) is 0. The average molecular weight is 401 g/mol. The molecule has 3 aromatic rings. The summed E-state index contributed by atoms with van der Waals surface area (Å²) in [5.41, 5.74) is 5.57. The predicted molar refractivity (Wildman–Crippen MR) is 120 cm³/mol. The first-order valence-corrected chi connectivity index (χ1v) is 10.5. The zero-order valence-electron chi connectivity index (χ0n) is 17.3. The number of fused-ring (bicyclic) bond motifs is 1. The topological polar surface area (TPSA) is 9.23 Å². The second kappa shape index (κ2) is 6.00. The van der Waals surface area contributed by atoms with Gasteiger partial charge in [0.05, 0.1) is 0 Å². The van der Waals surface area contributed by atoms with Gasteiger partial charge >= 0.3 is 0 Å². The molecule has 1 saturated carbocycles. The van der Waals surface area contributed by atoms with Gasteiger partial charge in [0, 0.05) is 27.3 Å². The van der Waals surface area contributed by atoms with Gasteiger partial charge in [0.25, 0.3) is 0 Å². The molecule has 0 unspecified atom stereocenters. The van der Waals surface area contributed by atoms with Crippen molar-refractivity contribution in [3.63, 3.8) is 0 Å². The zero-order chi connectivity index (χ0) is 20.4. The van der Waals surface area contributed by atoms with Gasteiger partial charge in [-0.3, -0.25) is 0 Å². The summed E-state index contributed by atoms with van der Waals surface area (Å²) in [7, 11) is 0. The van der Waals surface area contributed by atoms with Gasteiger partial charge in [0.2, 0.25) is 0 Å². The zero-order valence-corrected chi connectivity index (χ0v) is 18.0. The van der Waals surface area contributed by atoms with E-state index in [-0.39, 0.29) is 10.8 Å². The van der Waals surface area contributed by atoms with Crippen molar-refractivity contribution in [2.75, 3.05) is 0 Å². The standard InChI is InChI=1S/C27H25ClO/c1-25(2)24(26(25,3)4)23-21-17-20(28)15-16-22(21)29-27(23,18-11-7-5-8-12-18)19-13-9-6-10-14-19/h5-17H,1-4H3. The van der Waals surface area contributed by atoms with Gasteiger partial charge in [-0.1, -0.05) is 100.0 Å². The number of halogens is 1. The van der Waals surface area contributed by atoms with Gasteiger partial charge in [-0.15, -0.1) is 0 Å². The average Bonchev–Trinajstić information content (AvgIpc) is 2.98. The molecule has 1 fully saturated rings. The van der Waals surface area contributed by atoms with Gasteiger partial charge in [0.1, 0.15) is 5.75 Å². The SMILES string of the molecule is CC1(C)C(=C2c3cc(Cl)ccc3OC2(c2ccccc2)c2ccccc2)C1(C)C. The van der Waals surface area contributed by atoms with Gasteiger partial charge < -0.3 is 4.74 Å². The summed E-state index contributed by atoms with van der Waals surface area (Å²) >= 11 is 6.46. The normalized spacial score (nSPS) is 20.2. The number of ether oxygens (including phenoxy) is 1. The molecular formula is C27H25ClO. The lowest BCUT2D eigenvalue weighted by atomic mass is 9.77. The van der Waals surface area contributed by atoms with Crippen molar-refractivity contribution in [1.29, 1.82) is 0 Å². The fourth-order valence-electron chi connectivity index (χ4n) is 5.08. The van der Waals surface area contributed by atoms with Crippen LogP contribution in [0.5, 0.6) is 5.75 Å². The maximum atomic E-state index is 6.91. The van der Waals surface area contributed by atoms with Crippen LogP contribution in [0.1, 0.15) is 44.4 Å². The first kappa shape index (κ1) is 18.5. The largest absolute Gasteiger partial charge is 0.472 e. The van der Waals surface area contributed by atoms with Crippen LogP contribution < -0.4 is 4.74 Å². The maximum absolute atomic E-state index is 6.91. The minimum absolute atomic E-state index is 0.0877. The highest BCUT2D eigenvalue weighted by Crippen LogP contribution is 2.74. The Morgan fingerprint density at radius 3 is 1.69 bits per heavy atom. The van der Waals surface area contributed by atoms with Crippen LogP contribution >= 0.6 is 11.6 Å². The number of rotatable bonds is 2. The molecule has 0 radical (unpaired) electrons. The molecule has 0 saturated heterocycles. The molecule has 0 spiro atoms. The van der Waals surface area contributed by atoms with Crippen molar-refractivity contribution >= 4 is 17.2 Å². The summed E-state index contributed by atoms with van der Waals surface area (Å²) in [6.45, 7) is 9.33. The summed E-state index contributed by atoms with van der Waals surface area (Å²) < 4.78 is 6.91. The molecule has 5 rings (SSSR count). The minimum Gasteiger partial charge on any atom is -0.472 e. The van der Waals surface area contributed by atoms with Gasteiger partial charge in [-0.2, -0.15) is 0 Å². The van der Waals surface area contributed by atoms with Crippen molar-refractivity contribution in [3.05, 3.63) is 106 Å². The van der Waals surface area contributed by atoms with Crippen LogP contribution in [-0.2, 0) is 5.60 Å². The highest BCUT2D eigenvalue weighted by Gasteiger charge is 2.65. The Labute approximate surface area is 178 Å². The van der Waals surface area contributed by atoms with Crippen LogP contribution in [0.15, 0.2) is 84.4 Å². The Balaban J connectivity index is 1.92. The van der Waals surface area contributed by atoms with E-state index in [9.17, 15) is 0 Å². The molecule has 29 heavy (non-hydrogen) atoms. The van der Waals surface area contributed by atoms with Crippen LogP contribution in [0.2, 0.25) is 5.02 Å². The predicted octanol–water partition coefficient (Wildman–Crippen LogP) is 7.50. The summed E-state index contributed by atoms with van der Waals surface area (Å²) in [6.07, 6.45) is 0. The van der Waals surface area contributed by atoms with Gasteiger partial charge in [0.15, 0.2) is 5.60 Å². The van der Waals surface area contributed by atoms with Crippen LogP contribution in [0.3, 0.4) is 0 Å². The lowest BCUT2D eigenvalue weighted by molar-refractivity contribution is 0.192. The first-order chi connectivity index (χ1) is 13.8. The third kappa shape index (κ3) is 2.40. The van der Waals surface area contributed by atoms with E-state index in [2.05, 4.69) is 94.4 Å². The van der Waals surface area contributed by atoms with Crippen molar-refractivity contribution < 1.29 is 4.74 Å². The number of benzene rings is 3. The molecule has 2 aliphatic rings. The fraction of sp³-hybridized carbons (Fsp3) is 0.259. The molecule has 1 heterocycles. The molecule has 1 nitrogen and oxygen atoms in total. The summed E-state index contributed by atoms with van der Waals surface area (Å²) in [4.78, 5) is 0. The van der Waals surface area contributed by atoms with Gasteiger partial charge in [-0.05, 0) is 34.6 Å². The Kier molecular flexibility index (Phi) is 3.83. The van der Waals surface area contributed by atoms with E-state index in [1.165, 1.54) is 11.1 Å². The monoisotopic (exact) mass is 400 g/mol. The van der Waals surface area contributed by atoms with Gasteiger partial charge in [-0.25, -0.2) is 0 Å². The van der Waals surface area contributed by atoms with Crippen molar-refractivity contribution in [1.82, 2.24) is 0 Å². The third-order valence-electron chi connectivity index (χ3n) is 7.19. The molecule has 0 bridgehead atoms. The van der Waals surface area contributed by atoms with Crippen LogP contribution in [0.25, 0.3) is 5.57 Å². The number of allylic oxidation sites excluding steroid dienone is 1. The highest BCUT2D eigenvalue weighted by molar-refractivity contribution is 6.30. The lowest BCUT2D eigenvalue weighted by Gasteiger charge is -2.32. The van der Waals surface area contributed by atoms with E-state index in [0.717, 1.165) is 27.5 Å². The molecule has 1 aliphatic heterocycles. The van der Waals surface area contributed by atoms with Crippen molar-refractivity contribution in [2.45, 2.75) is 33.3 Å². The molecule has 3 aromatic carbocycles. The Morgan fingerprint density at radius 1 is 0.690 bits per heavy atom. The molecule has 146 valence electrons. The summed E-state index contributed by atoms with van der Waals surface area (Å²) in [6, 6.07) is 27.1. The Bertz CT molecular complexity index is 1070. The van der Waals surface area contributed by atoms with Crippen LogP contribution in [0, 0.1) is 10.8 Å². The van der Waals surface area contributed by atoms with Crippen LogP contribution in [-0.4, -0.2) is 0 Å². The second-order valence-corrected chi connectivity index (χ2v) is 9.59. The van der Waals surface area contributed by atoms with E-state index >= 15 is 0 Å². The van der Waals surface area contributed by atoms with E-state index in [0.29, 0.717) is 0 Å². The smallest absolute Gasteiger partial charge is 0.185 e. The Hall–Kier alpha value is -2.51. The second-order valence-electron chi connectivity index (χ2n) is 9.16. The quantitative estimate of drug-likeness (QED) is 0.432. The Morgan fingerprint density at radius 2 is 1.21 bits per heavy atom. The molecular weight excluding hydrogens is 376 g/mol. The highest BCUT2D eigenvalue weighted by atomic mass is 35.5. The van der Waals surface area contributed by atoms with E-state index in [1.54, 1.807) is 0 Å². The minimum atomic E-state index is -0.685. The molecule has 2 heteroatoms. The lowest BCUT2D eigenvalue weighted by Crippen LogP contribution is -2.32. The molecule has 0 amide bonds. The molecule has 0 aromatic heterocycles. The van der Waals surface area contributed by atoms with Crippen molar-refractivity contribution in [2.24, 2.45) is 10.8 Å². The molecule has 0 N–H and O–H groups in total. The summed E-state index contributed by atoms with van der Waals surface area (Å²) in [5, 5.41) is 0.735. The third-order valence-corrected chi connectivity index (χ3v) is 7.42. The van der Waals surface area contributed by atoms with Crippen molar-refractivity contribution in [3.8, 4) is 5.75 Å². The van der Waals surface area contributed by atoms with Crippen LogP contribution in [0.4, 0.5) is 0 Å². The molecule has 1 aliphatic carbocycles. The fourth-order valence-corrected chi connectivity index (χ4v) is 5.25. The van der Waals surface area contributed by atoms with E-state index in [1.807, 2.05) is 12.1 Å². The van der Waals surface area contributed by atoms with E-state index in [4.69, 9.17) is 16.3 Å². The first-order valence-electron chi connectivity index (χ1n) is 10.2. The maximum Gasteiger partial charge on any atom is 0.185 e. The summed E-state index contributed by atoms with van der Waals surface area (Å²) in [5.74, 6) is 0.892. The van der Waals surface area contributed by atoms with E-state index < -0.39 is 5.60 Å². The molecule has 0 atom stereocenters.